The Balaban J connectivity index is 1.31. The van der Waals surface area contributed by atoms with Crippen molar-refractivity contribution >= 4 is 5.82 Å². The Morgan fingerprint density at radius 3 is 2.58 bits per heavy atom. The lowest BCUT2D eigenvalue weighted by molar-refractivity contribution is -0.274. The van der Waals surface area contributed by atoms with E-state index in [0.29, 0.717) is 12.3 Å². The van der Waals surface area contributed by atoms with Gasteiger partial charge in [0.1, 0.15) is 5.75 Å². The van der Waals surface area contributed by atoms with Gasteiger partial charge in [-0.2, -0.15) is 5.10 Å². The zero-order valence-corrected chi connectivity index (χ0v) is 17.5. The fraction of sp³-hybridized carbons (Fsp3) is 0.571. The first kappa shape index (κ1) is 21.9. The molecule has 1 aromatic carbocycles. The summed E-state index contributed by atoms with van der Waals surface area (Å²) < 4.78 is 54.1. The number of ether oxygens (including phenoxy) is 3. The molecule has 7 nitrogen and oxygen atoms in total. The van der Waals surface area contributed by atoms with Crippen molar-refractivity contribution in [1.29, 1.82) is 0 Å². The van der Waals surface area contributed by atoms with E-state index in [1.807, 2.05) is 13.0 Å². The van der Waals surface area contributed by atoms with Crippen LogP contribution in [0.4, 0.5) is 19.0 Å². The number of aromatic nitrogens is 2. The molecule has 0 bridgehead atoms. The van der Waals surface area contributed by atoms with E-state index in [1.165, 1.54) is 12.1 Å². The van der Waals surface area contributed by atoms with Crippen LogP contribution in [0, 0.1) is 6.92 Å². The van der Waals surface area contributed by atoms with Crippen molar-refractivity contribution in [3.05, 3.63) is 36.0 Å². The molecule has 0 saturated carbocycles. The number of morpholine rings is 1. The van der Waals surface area contributed by atoms with E-state index in [9.17, 15) is 13.2 Å². The van der Waals surface area contributed by atoms with Crippen LogP contribution >= 0.6 is 0 Å². The topological polar surface area (TPSA) is 52.0 Å². The molecule has 1 atom stereocenters. The molecule has 2 aromatic rings. The van der Waals surface area contributed by atoms with Crippen molar-refractivity contribution in [2.75, 3.05) is 57.4 Å². The molecule has 3 heterocycles. The average Bonchev–Trinajstić information content (AvgIpc) is 3.35. The smallest absolute Gasteiger partial charge is 0.406 e. The molecule has 2 saturated heterocycles. The van der Waals surface area contributed by atoms with Crippen LogP contribution in [0.2, 0.25) is 0 Å². The summed E-state index contributed by atoms with van der Waals surface area (Å²) in [6.07, 6.45) is -3.59. The highest BCUT2D eigenvalue weighted by Gasteiger charge is 2.31. The highest BCUT2D eigenvalue weighted by Crippen LogP contribution is 2.26. The van der Waals surface area contributed by atoms with Crippen molar-refractivity contribution in [2.24, 2.45) is 0 Å². The van der Waals surface area contributed by atoms with Crippen molar-refractivity contribution in [1.82, 2.24) is 14.7 Å². The van der Waals surface area contributed by atoms with Gasteiger partial charge in [0.2, 0.25) is 0 Å². The molecule has 2 fully saturated rings. The Hall–Kier alpha value is -2.30. The number of halogens is 3. The van der Waals surface area contributed by atoms with Crippen LogP contribution in [0.25, 0.3) is 5.69 Å². The monoisotopic (exact) mass is 440 g/mol. The maximum atomic E-state index is 12.3. The summed E-state index contributed by atoms with van der Waals surface area (Å²) in [4.78, 5) is 4.54. The van der Waals surface area contributed by atoms with Gasteiger partial charge in [-0.3, -0.25) is 4.90 Å². The van der Waals surface area contributed by atoms with Gasteiger partial charge in [-0.05, 0) is 37.6 Å². The first-order valence-electron chi connectivity index (χ1n) is 10.5. The van der Waals surface area contributed by atoms with Crippen LogP contribution in [0.15, 0.2) is 30.3 Å². The number of hydrogen-bond donors (Lipinski definition) is 0. The molecule has 31 heavy (non-hydrogen) atoms. The molecular formula is C21H27F3N4O3. The van der Waals surface area contributed by atoms with Gasteiger partial charge in [0, 0.05) is 44.5 Å². The second-order valence-electron chi connectivity index (χ2n) is 7.78. The van der Waals surface area contributed by atoms with Crippen LogP contribution in [0.3, 0.4) is 0 Å². The first-order valence-corrected chi connectivity index (χ1v) is 10.5. The summed E-state index contributed by atoms with van der Waals surface area (Å²) in [5.41, 5.74) is 1.58. The Bertz CT molecular complexity index is 851. The molecule has 1 aromatic heterocycles. The SMILES string of the molecule is Cc1cc(N2CCC(OCCN3CCOCC3)C2)nn1-c1ccc(OC(F)(F)F)cc1. The van der Waals surface area contributed by atoms with Crippen LogP contribution in [0.5, 0.6) is 5.75 Å². The van der Waals surface area contributed by atoms with E-state index < -0.39 is 6.36 Å². The van der Waals surface area contributed by atoms with E-state index in [4.69, 9.17) is 9.47 Å². The standard InChI is InChI=1S/C21H27F3N4O3/c1-16-14-20(25-28(16)17-2-4-18(5-3-17)31-21(22,23)24)27-7-6-19(15-27)30-13-10-26-8-11-29-12-9-26/h2-5,14,19H,6-13,15H2,1H3. The zero-order valence-electron chi connectivity index (χ0n) is 17.5. The zero-order chi connectivity index (χ0) is 21.8. The molecule has 0 N–H and O–H groups in total. The molecular weight excluding hydrogens is 413 g/mol. The Labute approximate surface area is 179 Å². The second-order valence-corrected chi connectivity index (χ2v) is 7.78. The lowest BCUT2D eigenvalue weighted by Crippen LogP contribution is -2.38. The minimum Gasteiger partial charge on any atom is -0.406 e. The van der Waals surface area contributed by atoms with Gasteiger partial charge in [0.25, 0.3) is 0 Å². The predicted molar refractivity (Wildman–Crippen MR) is 109 cm³/mol. The van der Waals surface area contributed by atoms with Crippen LogP contribution < -0.4 is 9.64 Å². The molecule has 170 valence electrons. The van der Waals surface area contributed by atoms with E-state index in [2.05, 4.69) is 19.6 Å². The molecule has 10 heteroatoms. The molecule has 2 aliphatic rings. The summed E-state index contributed by atoms with van der Waals surface area (Å²) in [5.74, 6) is 0.588. The molecule has 0 aliphatic carbocycles. The Morgan fingerprint density at radius 2 is 1.87 bits per heavy atom. The number of hydrogen-bond acceptors (Lipinski definition) is 6. The van der Waals surface area contributed by atoms with Crippen LogP contribution in [-0.4, -0.2) is 79.7 Å². The Morgan fingerprint density at radius 1 is 1.13 bits per heavy atom. The minimum atomic E-state index is -4.70. The molecule has 2 aliphatic heterocycles. The molecule has 0 radical (unpaired) electrons. The van der Waals surface area contributed by atoms with E-state index >= 15 is 0 Å². The van der Waals surface area contributed by atoms with Gasteiger partial charge in [-0.15, -0.1) is 13.2 Å². The van der Waals surface area contributed by atoms with Gasteiger partial charge in [-0.1, -0.05) is 0 Å². The third-order valence-electron chi connectivity index (χ3n) is 5.52. The largest absolute Gasteiger partial charge is 0.573 e. The highest BCUT2D eigenvalue weighted by atomic mass is 19.4. The van der Waals surface area contributed by atoms with Gasteiger partial charge in [0.05, 0.1) is 31.6 Å². The number of benzene rings is 1. The van der Waals surface area contributed by atoms with Crippen molar-refractivity contribution in [3.63, 3.8) is 0 Å². The second kappa shape index (κ2) is 9.46. The molecule has 0 amide bonds. The van der Waals surface area contributed by atoms with Gasteiger partial charge in [0.15, 0.2) is 5.82 Å². The summed E-state index contributed by atoms with van der Waals surface area (Å²) in [6.45, 7) is 8.67. The minimum absolute atomic E-state index is 0.172. The van der Waals surface area contributed by atoms with Crippen molar-refractivity contribution in [3.8, 4) is 11.4 Å². The fourth-order valence-electron chi connectivity index (χ4n) is 3.91. The van der Waals surface area contributed by atoms with Gasteiger partial charge < -0.3 is 19.1 Å². The van der Waals surface area contributed by atoms with E-state index in [1.54, 1.807) is 16.8 Å². The Kier molecular flexibility index (Phi) is 6.68. The predicted octanol–water partition coefficient (Wildman–Crippen LogP) is 3.01. The number of aryl methyl sites for hydroxylation is 1. The lowest BCUT2D eigenvalue weighted by atomic mass is 10.3. The maximum Gasteiger partial charge on any atom is 0.573 e. The number of anilines is 1. The fourth-order valence-corrected chi connectivity index (χ4v) is 3.91. The summed E-state index contributed by atoms with van der Waals surface area (Å²) in [6, 6.07) is 7.69. The van der Waals surface area contributed by atoms with E-state index in [-0.39, 0.29) is 11.9 Å². The number of alkyl halides is 3. The van der Waals surface area contributed by atoms with Gasteiger partial charge >= 0.3 is 6.36 Å². The number of rotatable bonds is 7. The third kappa shape index (κ3) is 5.90. The van der Waals surface area contributed by atoms with Crippen LogP contribution in [-0.2, 0) is 9.47 Å². The highest BCUT2D eigenvalue weighted by molar-refractivity contribution is 5.46. The number of nitrogens with zero attached hydrogens (tertiary/aromatic N) is 4. The third-order valence-corrected chi connectivity index (χ3v) is 5.52. The van der Waals surface area contributed by atoms with Crippen molar-refractivity contribution < 1.29 is 27.4 Å². The molecule has 0 spiro atoms. The molecule has 4 rings (SSSR count). The van der Waals surface area contributed by atoms with Crippen molar-refractivity contribution in [2.45, 2.75) is 25.8 Å². The maximum absolute atomic E-state index is 12.3. The summed E-state index contributed by atoms with van der Waals surface area (Å²) >= 11 is 0. The van der Waals surface area contributed by atoms with E-state index in [0.717, 1.165) is 63.9 Å². The van der Waals surface area contributed by atoms with Gasteiger partial charge in [-0.25, -0.2) is 4.68 Å². The lowest BCUT2D eigenvalue weighted by Gasteiger charge is -2.26. The first-order chi connectivity index (χ1) is 14.9. The summed E-state index contributed by atoms with van der Waals surface area (Å²) in [7, 11) is 0. The average molecular weight is 440 g/mol. The quantitative estimate of drug-likeness (QED) is 0.660. The molecule has 1 unspecified atom stereocenters. The summed E-state index contributed by atoms with van der Waals surface area (Å²) in [5, 5.41) is 4.66. The van der Waals surface area contributed by atoms with Crippen LogP contribution in [0.1, 0.15) is 12.1 Å². The normalized spacial score (nSPS) is 20.4.